The average molecular weight is 249 g/mol. The highest BCUT2D eigenvalue weighted by molar-refractivity contribution is 6.12. The van der Waals surface area contributed by atoms with Crippen LogP contribution in [0.3, 0.4) is 0 Å². The number of anilines is 1. The lowest BCUT2D eigenvalue weighted by Crippen LogP contribution is -2.52. The van der Waals surface area contributed by atoms with Gasteiger partial charge in [0.05, 0.1) is 7.70 Å². The highest BCUT2D eigenvalue weighted by Crippen LogP contribution is 2.20. The SMILES string of the molecule is [2H]/C=C1\C(=O)N(c2c[nH]cn2)CC(=O)N1CCCC. The minimum absolute atomic E-state index is 0.0370. The van der Waals surface area contributed by atoms with Crippen molar-refractivity contribution in [3.05, 3.63) is 24.8 Å². The average Bonchev–Trinajstić information content (AvgIpc) is 2.93. The molecule has 0 unspecified atom stereocenters. The van der Waals surface area contributed by atoms with E-state index in [0.717, 1.165) is 19.4 Å². The van der Waals surface area contributed by atoms with E-state index >= 15 is 0 Å². The number of carbonyl (C=O) groups excluding carboxylic acids is 2. The van der Waals surface area contributed by atoms with Crippen LogP contribution in [0.4, 0.5) is 5.82 Å². The summed E-state index contributed by atoms with van der Waals surface area (Å²) in [5.74, 6) is -0.153. The molecule has 0 aliphatic carbocycles. The Kier molecular flexibility index (Phi) is 3.08. The Balaban J connectivity index is 2.24. The number of rotatable bonds is 4. The van der Waals surface area contributed by atoms with Gasteiger partial charge in [-0.1, -0.05) is 19.9 Å². The van der Waals surface area contributed by atoms with Crippen LogP contribution in [-0.4, -0.2) is 39.8 Å². The van der Waals surface area contributed by atoms with Crippen LogP contribution in [0.15, 0.2) is 24.8 Å². The Hall–Kier alpha value is -2.11. The molecule has 0 radical (unpaired) electrons. The molecule has 2 heterocycles. The standard InChI is InChI=1S/C12H16N4O2/c1-3-4-5-15-9(2)12(18)16(7-11(15)17)10-6-13-8-14-10/h6,8H,2-5,7H2,1H3,(H,13,14)/i2D/b9-2+. The number of carbonyl (C=O) groups is 2. The molecule has 0 spiro atoms. The zero-order chi connectivity index (χ0) is 13.8. The molecule has 1 saturated heterocycles. The van der Waals surface area contributed by atoms with Crippen LogP contribution in [0.5, 0.6) is 0 Å². The van der Waals surface area contributed by atoms with Crippen molar-refractivity contribution in [1.82, 2.24) is 14.9 Å². The van der Waals surface area contributed by atoms with E-state index in [1.54, 1.807) is 6.20 Å². The molecule has 6 nitrogen and oxygen atoms in total. The van der Waals surface area contributed by atoms with Gasteiger partial charge in [-0.2, -0.15) is 0 Å². The van der Waals surface area contributed by atoms with Gasteiger partial charge in [-0.3, -0.25) is 14.5 Å². The molecule has 6 heteroatoms. The number of H-pyrrole nitrogens is 1. The van der Waals surface area contributed by atoms with Crippen molar-refractivity contribution >= 4 is 17.6 Å². The first-order valence-corrected chi connectivity index (χ1v) is 5.88. The summed E-state index contributed by atoms with van der Waals surface area (Å²) in [7, 11) is 0. The normalized spacial score (nSPS) is 19.6. The molecule has 1 fully saturated rings. The van der Waals surface area contributed by atoms with E-state index in [2.05, 4.69) is 9.97 Å². The smallest absolute Gasteiger partial charge is 0.276 e. The van der Waals surface area contributed by atoms with Gasteiger partial charge < -0.3 is 9.88 Å². The number of nitrogens with one attached hydrogen (secondary N) is 1. The van der Waals surface area contributed by atoms with E-state index in [0.29, 0.717) is 12.4 Å². The molecule has 1 aromatic heterocycles. The Morgan fingerprint density at radius 3 is 3.06 bits per heavy atom. The van der Waals surface area contributed by atoms with E-state index in [-0.39, 0.29) is 24.1 Å². The molecule has 1 aliphatic rings. The van der Waals surface area contributed by atoms with Crippen LogP contribution in [0, 0.1) is 0 Å². The topological polar surface area (TPSA) is 69.3 Å². The maximum atomic E-state index is 12.3. The van der Waals surface area contributed by atoms with Crippen molar-refractivity contribution < 1.29 is 11.0 Å². The maximum absolute atomic E-state index is 12.3. The second kappa shape index (κ2) is 5.03. The molecule has 1 aliphatic heterocycles. The number of imidazole rings is 1. The van der Waals surface area contributed by atoms with Crippen molar-refractivity contribution in [2.24, 2.45) is 0 Å². The summed E-state index contributed by atoms with van der Waals surface area (Å²) in [4.78, 5) is 33.7. The van der Waals surface area contributed by atoms with Gasteiger partial charge in [0, 0.05) is 12.7 Å². The van der Waals surface area contributed by atoms with Gasteiger partial charge in [-0.25, -0.2) is 4.98 Å². The first-order valence-electron chi connectivity index (χ1n) is 6.46. The third-order valence-electron chi connectivity index (χ3n) is 2.85. The van der Waals surface area contributed by atoms with Crippen LogP contribution >= 0.6 is 0 Å². The van der Waals surface area contributed by atoms with E-state index in [1.807, 2.05) is 6.92 Å². The molecular weight excluding hydrogens is 232 g/mol. The number of amides is 2. The fourth-order valence-corrected chi connectivity index (χ4v) is 1.83. The molecule has 1 N–H and O–H groups in total. The van der Waals surface area contributed by atoms with Gasteiger partial charge in [0.2, 0.25) is 5.91 Å². The monoisotopic (exact) mass is 249 g/mol. The van der Waals surface area contributed by atoms with Gasteiger partial charge in [0.1, 0.15) is 12.2 Å². The van der Waals surface area contributed by atoms with Crippen molar-refractivity contribution in [1.29, 1.82) is 0 Å². The highest BCUT2D eigenvalue weighted by Gasteiger charge is 2.34. The predicted molar refractivity (Wildman–Crippen MR) is 66.7 cm³/mol. The molecule has 0 atom stereocenters. The third kappa shape index (κ3) is 2.13. The van der Waals surface area contributed by atoms with Crippen LogP contribution < -0.4 is 4.90 Å². The number of hydrogen-bond acceptors (Lipinski definition) is 3. The number of piperazine rings is 1. The minimum atomic E-state index is -0.363. The lowest BCUT2D eigenvalue weighted by molar-refractivity contribution is -0.134. The second-order valence-corrected chi connectivity index (χ2v) is 4.10. The predicted octanol–water partition coefficient (Wildman–Crippen LogP) is 0.899. The summed E-state index contributed by atoms with van der Waals surface area (Å²) in [5, 5.41) is 0. The van der Waals surface area contributed by atoms with Crippen molar-refractivity contribution in [3.8, 4) is 0 Å². The zero-order valence-corrected chi connectivity index (χ0v) is 10.2. The molecular formula is C12H16N4O2. The van der Waals surface area contributed by atoms with Gasteiger partial charge in [0.15, 0.2) is 5.82 Å². The summed E-state index contributed by atoms with van der Waals surface area (Å²) in [6, 6.07) is 0. The molecule has 18 heavy (non-hydrogen) atoms. The number of aromatic nitrogens is 2. The summed E-state index contributed by atoms with van der Waals surface area (Å²) in [5.41, 5.74) is 0.104. The Labute approximate surface area is 107 Å². The van der Waals surface area contributed by atoms with E-state index in [1.165, 1.54) is 16.1 Å². The highest BCUT2D eigenvalue weighted by atomic mass is 16.2. The Bertz CT molecular complexity index is 498. The summed E-state index contributed by atoms with van der Waals surface area (Å²) >= 11 is 0. The molecule has 0 saturated carbocycles. The van der Waals surface area contributed by atoms with Crippen molar-refractivity contribution in [2.75, 3.05) is 18.0 Å². The van der Waals surface area contributed by atoms with Gasteiger partial charge in [-0.15, -0.1) is 0 Å². The Morgan fingerprint density at radius 2 is 2.44 bits per heavy atom. The number of unbranched alkanes of at least 4 members (excludes halogenated alkanes) is 1. The molecule has 96 valence electrons. The molecule has 2 rings (SSSR count). The van der Waals surface area contributed by atoms with Crippen molar-refractivity contribution in [3.63, 3.8) is 0 Å². The number of nitrogens with zero attached hydrogens (tertiary/aromatic N) is 3. The van der Waals surface area contributed by atoms with Gasteiger partial charge >= 0.3 is 0 Å². The first-order chi connectivity index (χ1) is 9.19. The largest absolute Gasteiger partial charge is 0.349 e. The summed E-state index contributed by atoms with van der Waals surface area (Å²) < 4.78 is 7.37. The lowest BCUT2D eigenvalue weighted by atomic mass is 10.2. The van der Waals surface area contributed by atoms with Gasteiger partial charge in [0.25, 0.3) is 5.91 Å². The Morgan fingerprint density at radius 1 is 1.61 bits per heavy atom. The quantitative estimate of drug-likeness (QED) is 0.806. The van der Waals surface area contributed by atoms with Crippen LogP contribution in [0.1, 0.15) is 21.1 Å². The van der Waals surface area contributed by atoms with Gasteiger partial charge in [-0.05, 0) is 6.42 Å². The van der Waals surface area contributed by atoms with Crippen LogP contribution in [0.25, 0.3) is 0 Å². The zero-order valence-electron chi connectivity index (χ0n) is 11.2. The number of aromatic amines is 1. The van der Waals surface area contributed by atoms with E-state index in [9.17, 15) is 9.59 Å². The van der Waals surface area contributed by atoms with Crippen LogP contribution in [0.2, 0.25) is 0 Å². The maximum Gasteiger partial charge on any atom is 0.276 e. The second-order valence-electron chi connectivity index (χ2n) is 4.10. The minimum Gasteiger partial charge on any atom is -0.349 e. The van der Waals surface area contributed by atoms with E-state index < -0.39 is 0 Å². The molecule has 0 aromatic carbocycles. The molecule has 2 amide bonds. The van der Waals surface area contributed by atoms with Crippen molar-refractivity contribution in [2.45, 2.75) is 19.8 Å². The van der Waals surface area contributed by atoms with E-state index in [4.69, 9.17) is 1.37 Å². The molecule has 0 bridgehead atoms. The number of hydrogen-bond donors (Lipinski definition) is 1. The fourth-order valence-electron chi connectivity index (χ4n) is 1.83. The first kappa shape index (κ1) is 11.0. The molecule has 1 aromatic rings. The fraction of sp³-hybridized carbons (Fsp3) is 0.417. The lowest BCUT2D eigenvalue weighted by Gasteiger charge is -2.34. The van der Waals surface area contributed by atoms with Crippen LogP contribution in [-0.2, 0) is 9.59 Å². The third-order valence-corrected chi connectivity index (χ3v) is 2.85. The summed E-state index contributed by atoms with van der Waals surface area (Å²) in [6.07, 6.45) is 4.72. The summed E-state index contributed by atoms with van der Waals surface area (Å²) in [6.45, 7) is 3.38.